The van der Waals surface area contributed by atoms with E-state index < -0.39 is 11.7 Å². The number of nitrogens with zero attached hydrogens (tertiary/aromatic N) is 3. The van der Waals surface area contributed by atoms with Crippen LogP contribution in [-0.4, -0.2) is 4.57 Å². The number of hydrogen-bond donors (Lipinski definition) is 0. The Morgan fingerprint density at radius 3 is 2.43 bits per heavy atom. The molecule has 4 aromatic rings. The molecule has 0 aliphatic rings. The first-order chi connectivity index (χ1) is 13.5. The molecule has 0 saturated heterocycles. The maximum absolute atomic E-state index is 12.8. The monoisotopic (exact) mass is 381 g/mol. The highest BCUT2D eigenvalue weighted by molar-refractivity contribution is 6.08. The van der Waals surface area contributed by atoms with E-state index in [1.54, 1.807) is 0 Å². The number of benzene rings is 3. The zero-order valence-electron chi connectivity index (χ0n) is 15.2. The van der Waals surface area contributed by atoms with Crippen LogP contribution in [0.3, 0.4) is 0 Å². The molecule has 0 aliphatic carbocycles. The molecule has 3 nitrogen and oxygen atoms in total. The summed E-state index contributed by atoms with van der Waals surface area (Å²) in [7, 11) is 0. The van der Waals surface area contributed by atoms with Crippen LogP contribution < -0.4 is 0 Å². The van der Waals surface area contributed by atoms with Gasteiger partial charge < -0.3 is 4.57 Å². The van der Waals surface area contributed by atoms with Gasteiger partial charge in [0.2, 0.25) is 0 Å². The lowest BCUT2D eigenvalue weighted by Gasteiger charge is -2.06. The van der Waals surface area contributed by atoms with Crippen molar-refractivity contribution in [1.82, 2.24) is 4.57 Å². The number of para-hydroxylation sites is 1. The van der Waals surface area contributed by atoms with E-state index in [9.17, 15) is 13.2 Å². The molecule has 0 bridgehead atoms. The second-order valence-corrected chi connectivity index (χ2v) is 6.56. The summed E-state index contributed by atoms with van der Waals surface area (Å²) in [6, 6.07) is 19.2. The first-order valence-electron chi connectivity index (χ1n) is 9.02. The van der Waals surface area contributed by atoms with E-state index in [0.717, 1.165) is 35.1 Å². The topological polar surface area (TPSA) is 29.6 Å². The molecule has 0 spiro atoms. The zero-order chi connectivity index (χ0) is 19.7. The van der Waals surface area contributed by atoms with Gasteiger partial charge in [0.15, 0.2) is 0 Å². The van der Waals surface area contributed by atoms with Gasteiger partial charge in [0.25, 0.3) is 0 Å². The van der Waals surface area contributed by atoms with Gasteiger partial charge in [-0.25, -0.2) is 0 Å². The predicted octanol–water partition coefficient (Wildman–Crippen LogP) is 7.12. The van der Waals surface area contributed by atoms with Crippen molar-refractivity contribution in [2.24, 2.45) is 10.2 Å². The van der Waals surface area contributed by atoms with Crippen molar-refractivity contribution in [3.05, 3.63) is 77.9 Å². The lowest BCUT2D eigenvalue weighted by atomic mass is 10.1. The Morgan fingerprint density at radius 2 is 1.64 bits per heavy atom. The van der Waals surface area contributed by atoms with Gasteiger partial charge in [-0.05, 0) is 48.9 Å². The molecule has 6 heteroatoms. The Labute approximate surface area is 160 Å². The van der Waals surface area contributed by atoms with Crippen LogP contribution in [0.2, 0.25) is 0 Å². The predicted molar refractivity (Wildman–Crippen MR) is 105 cm³/mol. The third-order valence-electron chi connectivity index (χ3n) is 4.77. The van der Waals surface area contributed by atoms with Gasteiger partial charge in [0.05, 0.1) is 17.8 Å². The van der Waals surface area contributed by atoms with Gasteiger partial charge in [-0.3, -0.25) is 0 Å². The van der Waals surface area contributed by atoms with Crippen LogP contribution in [-0.2, 0) is 19.3 Å². The Morgan fingerprint density at radius 1 is 0.857 bits per heavy atom. The number of hydrogen-bond acceptors (Lipinski definition) is 2. The van der Waals surface area contributed by atoms with Gasteiger partial charge >= 0.3 is 6.18 Å². The van der Waals surface area contributed by atoms with Crippen LogP contribution in [0.5, 0.6) is 0 Å². The summed E-state index contributed by atoms with van der Waals surface area (Å²) < 4.78 is 40.6. The molecular weight excluding hydrogens is 363 g/mol. The molecule has 4 rings (SSSR count). The standard InChI is InChI=1S/C22H18F3N3/c1-2-28-20-9-4-3-8-18(20)19-12-15(10-11-21(19)28)14-26-27-17-7-5-6-16(13-17)22(23,24)25/h3-13H,2,14H2,1H3. The molecule has 28 heavy (non-hydrogen) atoms. The number of azo groups is 1. The Balaban J connectivity index is 1.62. The largest absolute Gasteiger partial charge is 0.416 e. The third-order valence-corrected chi connectivity index (χ3v) is 4.77. The van der Waals surface area contributed by atoms with Crippen LogP contribution >= 0.6 is 0 Å². The minimum absolute atomic E-state index is 0.193. The molecule has 0 fully saturated rings. The molecule has 0 atom stereocenters. The lowest BCUT2D eigenvalue weighted by molar-refractivity contribution is -0.137. The summed E-state index contributed by atoms with van der Waals surface area (Å²) in [5.74, 6) is 0. The van der Waals surface area contributed by atoms with Gasteiger partial charge in [-0.1, -0.05) is 30.3 Å². The number of aryl methyl sites for hydroxylation is 1. The molecule has 0 saturated carbocycles. The summed E-state index contributed by atoms with van der Waals surface area (Å²) in [6.07, 6.45) is -4.38. The van der Waals surface area contributed by atoms with E-state index in [2.05, 4.69) is 46.0 Å². The van der Waals surface area contributed by atoms with Crippen molar-refractivity contribution < 1.29 is 13.2 Å². The average molecular weight is 381 g/mol. The third kappa shape index (κ3) is 3.38. The highest BCUT2D eigenvalue weighted by Gasteiger charge is 2.30. The fourth-order valence-electron chi connectivity index (χ4n) is 3.48. The van der Waals surface area contributed by atoms with Crippen LogP contribution in [0.4, 0.5) is 18.9 Å². The molecule has 0 aliphatic heterocycles. The number of aromatic nitrogens is 1. The fourth-order valence-corrected chi connectivity index (χ4v) is 3.48. The van der Waals surface area contributed by atoms with E-state index in [4.69, 9.17) is 0 Å². The summed E-state index contributed by atoms with van der Waals surface area (Å²) in [5.41, 5.74) is 2.77. The van der Waals surface area contributed by atoms with Crippen LogP contribution in [0.25, 0.3) is 21.8 Å². The Kier molecular flexibility index (Phi) is 4.63. The molecule has 142 valence electrons. The molecule has 0 amide bonds. The smallest absolute Gasteiger partial charge is 0.341 e. The van der Waals surface area contributed by atoms with Gasteiger partial charge in [0.1, 0.15) is 0 Å². The minimum Gasteiger partial charge on any atom is -0.341 e. The molecule has 0 radical (unpaired) electrons. The summed E-state index contributed by atoms with van der Waals surface area (Å²) in [5, 5.41) is 10.4. The lowest BCUT2D eigenvalue weighted by Crippen LogP contribution is -2.03. The Hall–Kier alpha value is -3.15. The summed E-state index contributed by atoms with van der Waals surface area (Å²) in [4.78, 5) is 0. The molecule has 3 aromatic carbocycles. The second-order valence-electron chi connectivity index (χ2n) is 6.56. The number of halogens is 3. The van der Waals surface area contributed by atoms with E-state index in [0.29, 0.717) is 6.54 Å². The van der Waals surface area contributed by atoms with Crippen LogP contribution in [0.1, 0.15) is 18.1 Å². The highest BCUT2D eigenvalue weighted by Crippen LogP contribution is 2.32. The van der Waals surface area contributed by atoms with E-state index in [1.807, 2.05) is 18.2 Å². The fraction of sp³-hybridized carbons (Fsp3) is 0.182. The maximum atomic E-state index is 12.8. The molecule has 1 aromatic heterocycles. The van der Waals surface area contributed by atoms with Gasteiger partial charge in [-0.2, -0.15) is 23.4 Å². The maximum Gasteiger partial charge on any atom is 0.416 e. The van der Waals surface area contributed by atoms with Crippen molar-refractivity contribution in [2.75, 3.05) is 0 Å². The average Bonchev–Trinajstić information content (AvgIpc) is 3.01. The molecule has 0 unspecified atom stereocenters. The zero-order valence-corrected chi connectivity index (χ0v) is 15.2. The van der Waals surface area contributed by atoms with Crippen molar-refractivity contribution in [1.29, 1.82) is 0 Å². The number of fused-ring (bicyclic) bond motifs is 3. The molecule has 1 heterocycles. The number of rotatable bonds is 4. The van der Waals surface area contributed by atoms with E-state index in [-0.39, 0.29) is 5.69 Å². The normalized spacial score (nSPS) is 12.4. The molecule has 0 N–H and O–H groups in total. The van der Waals surface area contributed by atoms with Gasteiger partial charge in [-0.15, -0.1) is 0 Å². The highest BCUT2D eigenvalue weighted by atomic mass is 19.4. The Bertz CT molecular complexity index is 1170. The van der Waals surface area contributed by atoms with Crippen molar-refractivity contribution in [3.63, 3.8) is 0 Å². The second kappa shape index (κ2) is 7.11. The minimum atomic E-state index is -4.38. The van der Waals surface area contributed by atoms with E-state index in [1.165, 1.54) is 23.0 Å². The molecular formula is C22H18F3N3. The number of alkyl halides is 3. The van der Waals surface area contributed by atoms with Crippen molar-refractivity contribution in [3.8, 4) is 0 Å². The summed E-state index contributed by atoms with van der Waals surface area (Å²) in [6.45, 7) is 3.29. The summed E-state index contributed by atoms with van der Waals surface area (Å²) >= 11 is 0. The van der Waals surface area contributed by atoms with E-state index >= 15 is 0 Å². The van der Waals surface area contributed by atoms with Crippen LogP contribution in [0.15, 0.2) is 77.0 Å². The SMILES string of the molecule is CCn1c2ccccc2c2cc(CN=Nc3cccc(C(F)(F)F)c3)ccc21. The van der Waals surface area contributed by atoms with Crippen molar-refractivity contribution >= 4 is 27.5 Å². The van der Waals surface area contributed by atoms with Crippen LogP contribution in [0, 0.1) is 0 Å². The quantitative estimate of drug-likeness (QED) is 0.337. The van der Waals surface area contributed by atoms with Crippen molar-refractivity contribution in [2.45, 2.75) is 26.2 Å². The first kappa shape index (κ1) is 18.2. The van der Waals surface area contributed by atoms with Gasteiger partial charge in [0, 0.05) is 28.4 Å². The first-order valence-corrected chi connectivity index (χ1v) is 9.02.